The highest BCUT2D eigenvalue weighted by Crippen LogP contribution is 2.33. The average molecular weight is 240 g/mol. The van der Waals surface area contributed by atoms with Crippen LogP contribution in [-0.2, 0) is 0 Å². The summed E-state index contributed by atoms with van der Waals surface area (Å²) in [6.45, 7) is 2.71. The first-order chi connectivity index (χ1) is 7.66. The molecule has 16 heavy (non-hydrogen) atoms. The van der Waals surface area contributed by atoms with Crippen molar-refractivity contribution in [2.45, 2.75) is 32.2 Å². The third kappa shape index (κ3) is 3.13. The molecule has 0 bridgehead atoms. The topological polar surface area (TPSA) is 35.2 Å². The van der Waals surface area contributed by atoms with Crippen molar-refractivity contribution in [3.8, 4) is 5.75 Å². The van der Waals surface area contributed by atoms with E-state index in [1.165, 1.54) is 12.8 Å². The fourth-order valence-electron chi connectivity index (χ4n) is 1.66. The fraction of sp³-hybridized carbons (Fsp3) is 0.538. The second kappa shape index (κ2) is 5.07. The monoisotopic (exact) mass is 239 g/mol. The Bertz CT molecular complexity index is 361. The van der Waals surface area contributed by atoms with Crippen LogP contribution in [0.4, 0.5) is 0 Å². The Morgan fingerprint density at radius 2 is 2.25 bits per heavy atom. The van der Waals surface area contributed by atoms with E-state index in [1.807, 2.05) is 25.1 Å². The van der Waals surface area contributed by atoms with E-state index in [9.17, 15) is 0 Å². The number of nitrogens with two attached hydrogens (primary N) is 1. The van der Waals surface area contributed by atoms with Gasteiger partial charge in [-0.3, -0.25) is 0 Å². The first kappa shape index (κ1) is 11.7. The zero-order valence-electron chi connectivity index (χ0n) is 9.58. The van der Waals surface area contributed by atoms with Crippen LogP contribution in [0.1, 0.15) is 37.8 Å². The highest BCUT2D eigenvalue weighted by Gasteiger charge is 2.20. The van der Waals surface area contributed by atoms with Crippen LogP contribution in [0.5, 0.6) is 5.75 Å². The lowest BCUT2D eigenvalue weighted by Crippen LogP contribution is -2.05. The van der Waals surface area contributed by atoms with Crippen molar-refractivity contribution in [2.75, 3.05) is 6.61 Å². The van der Waals surface area contributed by atoms with Crippen LogP contribution in [0, 0.1) is 5.92 Å². The lowest BCUT2D eigenvalue weighted by Gasteiger charge is -2.11. The molecule has 0 radical (unpaired) electrons. The van der Waals surface area contributed by atoms with Gasteiger partial charge >= 0.3 is 0 Å². The Hall–Kier alpha value is -0.730. The van der Waals surface area contributed by atoms with E-state index in [0.717, 1.165) is 30.3 Å². The number of halogens is 1. The molecule has 1 aliphatic carbocycles. The second-order valence-corrected chi connectivity index (χ2v) is 4.97. The van der Waals surface area contributed by atoms with Gasteiger partial charge in [0, 0.05) is 6.04 Å². The van der Waals surface area contributed by atoms with Gasteiger partial charge in [-0.1, -0.05) is 30.5 Å². The smallest absolute Gasteiger partial charge is 0.137 e. The maximum Gasteiger partial charge on any atom is 0.137 e. The summed E-state index contributed by atoms with van der Waals surface area (Å²) in [6.07, 6.45) is 3.87. The van der Waals surface area contributed by atoms with Crippen molar-refractivity contribution < 1.29 is 4.74 Å². The third-order valence-electron chi connectivity index (χ3n) is 2.96. The van der Waals surface area contributed by atoms with Crippen LogP contribution in [0.25, 0.3) is 0 Å². The van der Waals surface area contributed by atoms with Crippen molar-refractivity contribution in [1.82, 2.24) is 0 Å². The molecule has 2 rings (SSSR count). The molecular formula is C13H18ClNO. The van der Waals surface area contributed by atoms with Gasteiger partial charge in [0.15, 0.2) is 0 Å². The van der Waals surface area contributed by atoms with Crippen LogP contribution >= 0.6 is 11.6 Å². The van der Waals surface area contributed by atoms with Gasteiger partial charge < -0.3 is 10.5 Å². The zero-order chi connectivity index (χ0) is 11.5. The van der Waals surface area contributed by atoms with Crippen molar-refractivity contribution in [2.24, 2.45) is 11.7 Å². The summed E-state index contributed by atoms with van der Waals surface area (Å²) >= 11 is 6.12. The molecule has 2 N–H and O–H groups in total. The molecule has 0 aromatic heterocycles. The van der Waals surface area contributed by atoms with E-state index in [-0.39, 0.29) is 6.04 Å². The first-order valence-electron chi connectivity index (χ1n) is 5.84. The molecule has 1 atom stereocenters. The molecule has 1 aliphatic rings. The van der Waals surface area contributed by atoms with E-state index in [0.29, 0.717) is 5.02 Å². The van der Waals surface area contributed by atoms with Crippen LogP contribution < -0.4 is 10.5 Å². The molecule has 0 saturated heterocycles. The second-order valence-electron chi connectivity index (χ2n) is 4.56. The normalized spacial score (nSPS) is 17.2. The van der Waals surface area contributed by atoms with Gasteiger partial charge in [-0.25, -0.2) is 0 Å². The third-order valence-corrected chi connectivity index (χ3v) is 3.26. The summed E-state index contributed by atoms with van der Waals surface area (Å²) in [7, 11) is 0. The summed E-state index contributed by atoms with van der Waals surface area (Å²) in [4.78, 5) is 0. The summed E-state index contributed by atoms with van der Waals surface area (Å²) in [6, 6.07) is 5.79. The lowest BCUT2D eigenvalue weighted by molar-refractivity contribution is 0.302. The zero-order valence-corrected chi connectivity index (χ0v) is 10.3. The summed E-state index contributed by atoms with van der Waals surface area (Å²) in [5.74, 6) is 1.66. The molecule has 3 heteroatoms. The largest absolute Gasteiger partial charge is 0.492 e. The molecule has 1 fully saturated rings. The molecule has 88 valence electrons. The van der Waals surface area contributed by atoms with Crippen molar-refractivity contribution in [3.63, 3.8) is 0 Å². The van der Waals surface area contributed by atoms with Gasteiger partial charge in [0.25, 0.3) is 0 Å². The fourth-order valence-corrected chi connectivity index (χ4v) is 1.90. The molecule has 1 aromatic carbocycles. The van der Waals surface area contributed by atoms with Gasteiger partial charge in [0.2, 0.25) is 0 Å². The summed E-state index contributed by atoms with van der Waals surface area (Å²) < 4.78 is 5.65. The molecule has 1 aromatic rings. The minimum absolute atomic E-state index is 0.0121. The molecular weight excluding hydrogens is 222 g/mol. The van der Waals surface area contributed by atoms with Gasteiger partial charge in [0.05, 0.1) is 11.6 Å². The number of hydrogen-bond donors (Lipinski definition) is 1. The van der Waals surface area contributed by atoms with Crippen LogP contribution in [0.3, 0.4) is 0 Å². The van der Waals surface area contributed by atoms with Crippen LogP contribution in [0.2, 0.25) is 5.02 Å². The highest BCUT2D eigenvalue weighted by atomic mass is 35.5. The van der Waals surface area contributed by atoms with Gasteiger partial charge in [0.1, 0.15) is 5.75 Å². The molecule has 0 spiro atoms. The van der Waals surface area contributed by atoms with Crippen molar-refractivity contribution in [3.05, 3.63) is 28.8 Å². The standard InChI is InChI=1S/C13H18ClNO/c1-9(15)11-4-5-13(12(14)8-11)16-7-6-10-2-3-10/h4-5,8-10H,2-3,6-7,15H2,1H3. The van der Waals surface area contributed by atoms with E-state index in [2.05, 4.69) is 0 Å². The number of ether oxygens (including phenoxy) is 1. The maximum absolute atomic E-state index is 6.12. The Balaban J connectivity index is 1.92. The molecule has 0 aliphatic heterocycles. The predicted molar refractivity (Wildman–Crippen MR) is 66.9 cm³/mol. The molecule has 0 amide bonds. The predicted octanol–water partition coefficient (Wildman–Crippen LogP) is 3.54. The maximum atomic E-state index is 6.12. The van der Waals surface area contributed by atoms with Crippen molar-refractivity contribution in [1.29, 1.82) is 0 Å². The minimum atomic E-state index is 0.0121. The molecule has 2 nitrogen and oxygen atoms in total. The molecule has 1 unspecified atom stereocenters. The summed E-state index contributed by atoms with van der Waals surface area (Å²) in [5, 5.41) is 0.658. The average Bonchev–Trinajstić information content (AvgIpc) is 3.04. The Labute approximate surface area is 102 Å². The number of rotatable bonds is 5. The van der Waals surface area contributed by atoms with E-state index < -0.39 is 0 Å². The first-order valence-corrected chi connectivity index (χ1v) is 6.22. The van der Waals surface area contributed by atoms with Gasteiger partial charge in [-0.15, -0.1) is 0 Å². The van der Waals surface area contributed by atoms with Gasteiger partial charge in [-0.2, -0.15) is 0 Å². The van der Waals surface area contributed by atoms with E-state index in [4.69, 9.17) is 22.1 Å². The van der Waals surface area contributed by atoms with Crippen LogP contribution in [0.15, 0.2) is 18.2 Å². The highest BCUT2D eigenvalue weighted by molar-refractivity contribution is 6.32. The lowest BCUT2D eigenvalue weighted by atomic mass is 10.1. The quantitative estimate of drug-likeness (QED) is 0.853. The SMILES string of the molecule is CC(N)c1ccc(OCCC2CC2)c(Cl)c1. The van der Waals surface area contributed by atoms with E-state index >= 15 is 0 Å². The Morgan fingerprint density at radius 1 is 1.50 bits per heavy atom. The van der Waals surface area contributed by atoms with Crippen LogP contribution in [-0.4, -0.2) is 6.61 Å². The van der Waals surface area contributed by atoms with E-state index in [1.54, 1.807) is 0 Å². The summed E-state index contributed by atoms with van der Waals surface area (Å²) in [5.41, 5.74) is 6.82. The molecule has 1 saturated carbocycles. The van der Waals surface area contributed by atoms with Gasteiger partial charge in [-0.05, 0) is 37.0 Å². The minimum Gasteiger partial charge on any atom is -0.492 e. The van der Waals surface area contributed by atoms with Crippen molar-refractivity contribution >= 4 is 11.6 Å². The Kier molecular flexibility index (Phi) is 3.72. The number of benzene rings is 1. The molecule has 0 heterocycles. The number of hydrogen-bond acceptors (Lipinski definition) is 2. The Morgan fingerprint density at radius 3 is 2.81 bits per heavy atom.